The van der Waals surface area contributed by atoms with Crippen molar-refractivity contribution in [2.24, 2.45) is 0 Å². The van der Waals surface area contributed by atoms with Crippen molar-refractivity contribution in [3.8, 4) is 0 Å². The molecule has 0 aliphatic rings. The fraction of sp³-hybridized carbons (Fsp3) is 0.300. The second-order valence-corrected chi connectivity index (χ2v) is 4.29. The van der Waals surface area contributed by atoms with Gasteiger partial charge >= 0.3 is 6.18 Å². The van der Waals surface area contributed by atoms with E-state index in [4.69, 9.17) is 0 Å². The summed E-state index contributed by atoms with van der Waals surface area (Å²) >= 11 is 0.682. The normalized spacial score (nSPS) is 11.6. The standard InChI is InChI=1S/C10H9F3N4S/c1-6-3-2-4-14-7(6)5-15-9-16-8(17-18-9)10(11,12)13/h2-4H,5H2,1H3,(H,15,16,17). The molecule has 0 aliphatic heterocycles. The summed E-state index contributed by atoms with van der Waals surface area (Å²) in [5.41, 5.74) is 1.73. The van der Waals surface area contributed by atoms with Gasteiger partial charge in [0, 0.05) is 17.7 Å². The van der Waals surface area contributed by atoms with Crippen molar-refractivity contribution in [1.82, 2.24) is 14.3 Å². The molecule has 0 atom stereocenters. The number of anilines is 1. The van der Waals surface area contributed by atoms with E-state index in [0.717, 1.165) is 11.3 Å². The van der Waals surface area contributed by atoms with Crippen LogP contribution in [0.1, 0.15) is 17.1 Å². The van der Waals surface area contributed by atoms with Crippen LogP contribution in [0, 0.1) is 6.92 Å². The predicted molar refractivity (Wildman–Crippen MR) is 61.2 cm³/mol. The van der Waals surface area contributed by atoms with Crippen molar-refractivity contribution < 1.29 is 13.2 Å². The van der Waals surface area contributed by atoms with E-state index in [-0.39, 0.29) is 5.13 Å². The summed E-state index contributed by atoms with van der Waals surface area (Å²) in [5, 5.41) is 2.91. The van der Waals surface area contributed by atoms with Crippen LogP contribution in [-0.2, 0) is 12.7 Å². The van der Waals surface area contributed by atoms with Crippen LogP contribution >= 0.6 is 11.5 Å². The number of aryl methyl sites for hydroxylation is 1. The number of hydrogen-bond acceptors (Lipinski definition) is 5. The molecule has 0 fully saturated rings. The van der Waals surface area contributed by atoms with Gasteiger partial charge in [-0.15, -0.1) is 0 Å². The van der Waals surface area contributed by atoms with Crippen LogP contribution in [-0.4, -0.2) is 14.3 Å². The van der Waals surface area contributed by atoms with Crippen LogP contribution in [0.25, 0.3) is 0 Å². The third-order valence-electron chi connectivity index (χ3n) is 2.20. The first kappa shape index (κ1) is 12.7. The maximum atomic E-state index is 12.3. The first-order valence-corrected chi connectivity index (χ1v) is 5.79. The topological polar surface area (TPSA) is 50.7 Å². The Morgan fingerprint density at radius 3 is 2.78 bits per heavy atom. The highest BCUT2D eigenvalue weighted by Crippen LogP contribution is 2.29. The molecular weight excluding hydrogens is 265 g/mol. The minimum Gasteiger partial charge on any atom is -0.355 e. The molecule has 0 saturated carbocycles. The number of rotatable bonds is 3. The number of alkyl halides is 3. The molecule has 1 N–H and O–H groups in total. The molecule has 0 radical (unpaired) electrons. The van der Waals surface area contributed by atoms with E-state index < -0.39 is 12.0 Å². The van der Waals surface area contributed by atoms with E-state index in [1.54, 1.807) is 12.3 Å². The maximum Gasteiger partial charge on any atom is 0.452 e. The van der Waals surface area contributed by atoms with Crippen LogP contribution in [0.15, 0.2) is 18.3 Å². The number of aromatic nitrogens is 3. The highest BCUT2D eigenvalue weighted by Gasteiger charge is 2.36. The summed E-state index contributed by atoms with van der Waals surface area (Å²) in [7, 11) is 0. The summed E-state index contributed by atoms with van der Waals surface area (Å²) in [6, 6.07) is 3.68. The summed E-state index contributed by atoms with van der Waals surface area (Å²) in [6.45, 7) is 2.20. The Labute approximate surface area is 105 Å². The van der Waals surface area contributed by atoms with E-state index in [2.05, 4.69) is 19.7 Å². The van der Waals surface area contributed by atoms with Gasteiger partial charge in [0.05, 0.1) is 12.2 Å². The number of halogens is 3. The summed E-state index contributed by atoms with van der Waals surface area (Å²) in [6.07, 6.45) is -2.87. The zero-order chi connectivity index (χ0) is 13.2. The summed E-state index contributed by atoms with van der Waals surface area (Å²) < 4.78 is 40.1. The monoisotopic (exact) mass is 274 g/mol. The highest BCUT2D eigenvalue weighted by atomic mass is 32.1. The molecule has 4 nitrogen and oxygen atoms in total. The quantitative estimate of drug-likeness (QED) is 0.935. The van der Waals surface area contributed by atoms with E-state index in [1.165, 1.54) is 0 Å². The number of nitrogens with one attached hydrogen (secondary N) is 1. The zero-order valence-electron chi connectivity index (χ0n) is 9.32. The van der Waals surface area contributed by atoms with Crippen LogP contribution < -0.4 is 5.32 Å². The smallest absolute Gasteiger partial charge is 0.355 e. The number of nitrogens with zero attached hydrogens (tertiary/aromatic N) is 3. The van der Waals surface area contributed by atoms with Crippen molar-refractivity contribution in [3.63, 3.8) is 0 Å². The molecule has 2 heterocycles. The minimum atomic E-state index is -4.50. The molecule has 0 aliphatic carbocycles. The molecule has 0 amide bonds. The predicted octanol–water partition coefficient (Wildman–Crippen LogP) is 2.87. The van der Waals surface area contributed by atoms with Crippen molar-refractivity contribution in [1.29, 1.82) is 0 Å². The van der Waals surface area contributed by atoms with Gasteiger partial charge in [0.15, 0.2) is 0 Å². The molecule has 0 bridgehead atoms. The average molecular weight is 274 g/mol. The third kappa shape index (κ3) is 2.95. The molecule has 2 aromatic rings. The third-order valence-corrected chi connectivity index (χ3v) is 2.88. The van der Waals surface area contributed by atoms with Gasteiger partial charge in [0.1, 0.15) is 0 Å². The maximum absolute atomic E-state index is 12.3. The van der Waals surface area contributed by atoms with Crippen molar-refractivity contribution >= 4 is 16.7 Å². The molecule has 8 heteroatoms. The Kier molecular flexibility index (Phi) is 3.46. The lowest BCUT2D eigenvalue weighted by Gasteiger charge is -2.04. The van der Waals surface area contributed by atoms with Gasteiger partial charge in [-0.2, -0.15) is 22.5 Å². The second-order valence-electron chi connectivity index (χ2n) is 3.54. The molecule has 2 rings (SSSR count). The first-order chi connectivity index (χ1) is 8.47. The van der Waals surface area contributed by atoms with Gasteiger partial charge in [-0.1, -0.05) is 6.07 Å². The van der Waals surface area contributed by atoms with Gasteiger partial charge in [-0.25, -0.2) is 0 Å². The van der Waals surface area contributed by atoms with Gasteiger partial charge in [0.25, 0.3) is 0 Å². The van der Waals surface area contributed by atoms with E-state index in [9.17, 15) is 13.2 Å². The van der Waals surface area contributed by atoms with Crippen molar-refractivity contribution in [2.75, 3.05) is 5.32 Å². The van der Waals surface area contributed by atoms with Gasteiger partial charge in [0.2, 0.25) is 11.0 Å². The van der Waals surface area contributed by atoms with Gasteiger partial charge in [-0.3, -0.25) is 4.98 Å². The van der Waals surface area contributed by atoms with E-state index >= 15 is 0 Å². The SMILES string of the molecule is Cc1cccnc1CNc1nc(C(F)(F)F)ns1. The number of pyridine rings is 1. The molecule has 0 aromatic carbocycles. The van der Waals surface area contributed by atoms with Gasteiger partial charge in [-0.05, 0) is 18.6 Å². The molecule has 96 valence electrons. The lowest BCUT2D eigenvalue weighted by atomic mass is 10.2. The average Bonchev–Trinajstić information content (AvgIpc) is 2.76. The van der Waals surface area contributed by atoms with Crippen molar-refractivity contribution in [2.45, 2.75) is 19.6 Å². The molecule has 0 unspecified atom stereocenters. The summed E-state index contributed by atoms with van der Waals surface area (Å²) in [4.78, 5) is 7.49. The Bertz CT molecular complexity index is 538. The van der Waals surface area contributed by atoms with E-state index in [1.807, 2.05) is 13.0 Å². The lowest BCUT2D eigenvalue weighted by molar-refractivity contribution is -0.144. The lowest BCUT2D eigenvalue weighted by Crippen LogP contribution is -2.08. The molecule has 18 heavy (non-hydrogen) atoms. The van der Waals surface area contributed by atoms with Crippen LogP contribution in [0.2, 0.25) is 0 Å². The van der Waals surface area contributed by atoms with Crippen LogP contribution in [0.5, 0.6) is 0 Å². The van der Waals surface area contributed by atoms with Crippen LogP contribution in [0.3, 0.4) is 0 Å². The van der Waals surface area contributed by atoms with Crippen LogP contribution in [0.4, 0.5) is 18.3 Å². The zero-order valence-corrected chi connectivity index (χ0v) is 10.1. The highest BCUT2D eigenvalue weighted by molar-refractivity contribution is 7.09. The Morgan fingerprint density at radius 2 is 2.17 bits per heavy atom. The molecule has 0 saturated heterocycles. The first-order valence-electron chi connectivity index (χ1n) is 5.02. The summed E-state index contributed by atoms with van der Waals surface area (Å²) in [5.74, 6) is -1.12. The molecular formula is C10H9F3N4S. The fourth-order valence-corrected chi connectivity index (χ4v) is 1.85. The fourth-order valence-electron chi connectivity index (χ4n) is 1.27. The molecule has 2 aromatic heterocycles. The number of hydrogen-bond donors (Lipinski definition) is 1. The Morgan fingerprint density at radius 1 is 1.39 bits per heavy atom. The Hall–Kier alpha value is -1.70. The Balaban J connectivity index is 2.03. The van der Waals surface area contributed by atoms with E-state index in [0.29, 0.717) is 18.1 Å². The van der Waals surface area contributed by atoms with Crippen molar-refractivity contribution in [3.05, 3.63) is 35.4 Å². The minimum absolute atomic E-state index is 0.132. The second kappa shape index (κ2) is 4.89. The molecule has 0 spiro atoms. The van der Waals surface area contributed by atoms with Gasteiger partial charge < -0.3 is 5.32 Å². The largest absolute Gasteiger partial charge is 0.452 e.